The summed E-state index contributed by atoms with van der Waals surface area (Å²) in [5.74, 6) is 1.81. The lowest BCUT2D eigenvalue weighted by Gasteiger charge is -2.28. The summed E-state index contributed by atoms with van der Waals surface area (Å²) in [6.45, 7) is 2.57. The lowest BCUT2D eigenvalue weighted by atomic mass is 10.1. The molecule has 160 valence electrons. The van der Waals surface area contributed by atoms with Gasteiger partial charge in [0.1, 0.15) is 11.9 Å². The normalized spacial score (nSPS) is 15.5. The Kier molecular flexibility index (Phi) is 5.37. The maximum absolute atomic E-state index is 9.71. The molecule has 0 saturated carbocycles. The van der Waals surface area contributed by atoms with E-state index in [0.717, 1.165) is 41.1 Å². The van der Waals surface area contributed by atoms with Crippen LogP contribution in [-0.2, 0) is 9.47 Å². The number of benzene rings is 1. The minimum Gasteiger partial charge on any atom is -0.393 e. The molecule has 4 heterocycles. The van der Waals surface area contributed by atoms with E-state index in [1.807, 2.05) is 42.7 Å². The van der Waals surface area contributed by atoms with E-state index < -0.39 is 6.10 Å². The van der Waals surface area contributed by atoms with Gasteiger partial charge in [-0.05, 0) is 18.2 Å². The van der Waals surface area contributed by atoms with E-state index >= 15 is 0 Å². The number of rotatable bonds is 6. The van der Waals surface area contributed by atoms with E-state index in [-0.39, 0.29) is 6.61 Å². The van der Waals surface area contributed by atoms with E-state index in [0.29, 0.717) is 24.9 Å². The lowest BCUT2D eigenvalue weighted by Crippen LogP contribution is -2.37. The summed E-state index contributed by atoms with van der Waals surface area (Å²) >= 11 is 0. The van der Waals surface area contributed by atoms with Crippen molar-refractivity contribution in [3.8, 4) is 17.1 Å². The minimum atomic E-state index is -0.608. The topological polar surface area (TPSA) is 101 Å². The molecule has 0 radical (unpaired) electrons. The maximum atomic E-state index is 9.71. The molecule has 1 aliphatic rings. The molecule has 2 N–H and O–H groups in total. The summed E-state index contributed by atoms with van der Waals surface area (Å²) in [7, 11) is 1.54. The van der Waals surface area contributed by atoms with Gasteiger partial charge in [-0.15, -0.1) is 0 Å². The first kappa shape index (κ1) is 19.7. The van der Waals surface area contributed by atoms with Gasteiger partial charge in [-0.25, -0.2) is 14.6 Å². The number of anilines is 1. The third-order valence-corrected chi connectivity index (χ3v) is 5.48. The molecule has 1 fully saturated rings. The number of H-pyrrole nitrogens is 1. The van der Waals surface area contributed by atoms with E-state index in [2.05, 4.69) is 25.9 Å². The van der Waals surface area contributed by atoms with Gasteiger partial charge in [0.25, 0.3) is 0 Å². The van der Waals surface area contributed by atoms with Crippen LogP contribution in [0.2, 0.25) is 0 Å². The Morgan fingerprint density at radius 2 is 2.00 bits per heavy atom. The zero-order valence-corrected chi connectivity index (χ0v) is 17.2. The number of aromatic nitrogens is 5. The predicted octanol–water partition coefficient (Wildman–Crippen LogP) is 2.33. The van der Waals surface area contributed by atoms with Crippen LogP contribution in [0, 0.1) is 0 Å². The second kappa shape index (κ2) is 8.46. The van der Waals surface area contributed by atoms with Gasteiger partial charge in [-0.3, -0.25) is 0 Å². The number of aromatic amines is 1. The van der Waals surface area contributed by atoms with Gasteiger partial charge in [0.15, 0.2) is 11.6 Å². The van der Waals surface area contributed by atoms with Gasteiger partial charge >= 0.3 is 0 Å². The summed E-state index contributed by atoms with van der Waals surface area (Å²) in [6, 6.07) is 12.0. The molecule has 3 aromatic heterocycles. The van der Waals surface area contributed by atoms with Crippen molar-refractivity contribution in [2.75, 3.05) is 44.9 Å². The molecule has 1 atom stereocenters. The number of hydrogen-bond donors (Lipinski definition) is 2. The van der Waals surface area contributed by atoms with Crippen molar-refractivity contribution < 1.29 is 14.6 Å². The summed E-state index contributed by atoms with van der Waals surface area (Å²) in [5.41, 5.74) is 2.96. The molecule has 31 heavy (non-hydrogen) atoms. The van der Waals surface area contributed by atoms with Gasteiger partial charge in [0, 0.05) is 55.1 Å². The SMILES string of the molecule is CO[C@H](CO)c1nc(N2CCOCC2)cc(-n2ccc(-c3cccc4[nH]ccc34)n2)n1. The molecule has 5 rings (SSSR count). The van der Waals surface area contributed by atoms with Gasteiger partial charge < -0.3 is 24.5 Å². The minimum absolute atomic E-state index is 0.206. The van der Waals surface area contributed by atoms with Crippen LogP contribution in [0.25, 0.3) is 28.0 Å². The van der Waals surface area contributed by atoms with Gasteiger partial charge in [0.05, 0.1) is 25.5 Å². The van der Waals surface area contributed by atoms with Crippen molar-refractivity contribution in [1.29, 1.82) is 0 Å². The van der Waals surface area contributed by atoms with Crippen LogP contribution < -0.4 is 4.90 Å². The zero-order chi connectivity index (χ0) is 21.2. The number of morpholine rings is 1. The van der Waals surface area contributed by atoms with Crippen LogP contribution in [0.5, 0.6) is 0 Å². The van der Waals surface area contributed by atoms with Gasteiger partial charge in [-0.1, -0.05) is 12.1 Å². The molecule has 4 aromatic rings. The quantitative estimate of drug-likeness (QED) is 0.494. The van der Waals surface area contributed by atoms with E-state index in [1.54, 1.807) is 4.68 Å². The monoisotopic (exact) mass is 420 g/mol. The highest BCUT2D eigenvalue weighted by Crippen LogP contribution is 2.28. The van der Waals surface area contributed by atoms with Crippen LogP contribution in [-0.4, -0.2) is 69.9 Å². The second-order valence-electron chi connectivity index (χ2n) is 7.34. The van der Waals surface area contributed by atoms with E-state index in [4.69, 9.17) is 14.6 Å². The standard InChI is InChI=1S/C22H24N6O3/c1-30-19(14-29)22-24-20(27-9-11-31-12-10-27)13-21(25-22)28-8-6-18(26-28)15-3-2-4-17-16(15)5-7-23-17/h2-8,13,19,23,29H,9-12,14H2,1H3/t19-/m1/s1. The van der Waals surface area contributed by atoms with E-state index in [1.165, 1.54) is 7.11 Å². The first-order valence-electron chi connectivity index (χ1n) is 10.2. The first-order chi connectivity index (χ1) is 15.3. The second-order valence-corrected chi connectivity index (χ2v) is 7.34. The number of ether oxygens (including phenoxy) is 2. The van der Waals surface area contributed by atoms with Crippen LogP contribution in [0.1, 0.15) is 11.9 Å². The number of nitrogens with one attached hydrogen (secondary N) is 1. The molecular formula is C22H24N6O3. The van der Waals surface area contributed by atoms with E-state index in [9.17, 15) is 5.11 Å². The van der Waals surface area contributed by atoms with Crippen LogP contribution in [0.15, 0.2) is 48.8 Å². The van der Waals surface area contributed by atoms with Crippen molar-refractivity contribution in [2.24, 2.45) is 0 Å². The van der Waals surface area contributed by atoms with Gasteiger partial charge in [-0.2, -0.15) is 5.10 Å². The van der Waals surface area contributed by atoms with Crippen molar-refractivity contribution in [3.05, 3.63) is 54.6 Å². The lowest BCUT2D eigenvalue weighted by molar-refractivity contribution is 0.0422. The Hall–Kier alpha value is -3.27. The highest BCUT2D eigenvalue weighted by molar-refractivity contribution is 5.94. The third-order valence-electron chi connectivity index (χ3n) is 5.48. The van der Waals surface area contributed by atoms with Crippen molar-refractivity contribution >= 4 is 16.7 Å². The number of fused-ring (bicyclic) bond motifs is 1. The highest BCUT2D eigenvalue weighted by Gasteiger charge is 2.20. The van der Waals surface area contributed by atoms with Gasteiger partial charge in [0.2, 0.25) is 0 Å². The molecule has 1 aromatic carbocycles. The first-order valence-corrected chi connectivity index (χ1v) is 10.2. The number of aliphatic hydroxyl groups is 1. The number of methoxy groups -OCH3 is 1. The molecule has 0 bridgehead atoms. The van der Waals surface area contributed by atoms with Crippen molar-refractivity contribution in [1.82, 2.24) is 24.7 Å². The summed E-state index contributed by atoms with van der Waals surface area (Å²) in [5, 5.41) is 15.6. The van der Waals surface area contributed by atoms with Crippen molar-refractivity contribution in [3.63, 3.8) is 0 Å². The molecule has 0 amide bonds. The number of nitrogens with zero attached hydrogens (tertiary/aromatic N) is 5. The Morgan fingerprint density at radius 1 is 1.16 bits per heavy atom. The number of aliphatic hydroxyl groups excluding tert-OH is 1. The smallest absolute Gasteiger partial charge is 0.164 e. The largest absolute Gasteiger partial charge is 0.393 e. The molecule has 1 aliphatic heterocycles. The molecule has 1 saturated heterocycles. The molecule has 9 heteroatoms. The zero-order valence-electron chi connectivity index (χ0n) is 17.2. The number of hydrogen-bond acceptors (Lipinski definition) is 7. The summed E-state index contributed by atoms with van der Waals surface area (Å²) in [4.78, 5) is 14.7. The Morgan fingerprint density at radius 3 is 2.81 bits per heavy atom. The molecule has 0 aliphatic carbocycles. The fraction of sp³-hybridized carbons (Fsp3) is 0.318. The summed E-state index contributed by atoms with van der Waals surface area (Å²) in [6.07, 6.45) is 3.20. The third kappa shape index (κ3) is 3.78. The Labute approximate surface area is 179 Å². The molecular weight excluding hydrogens is 396 g/mol. The fourth-order valence-corrected chi connectivity index (χ4v) is 3.82. The molecule has 0 unspecified atom stereocenters. The van der Waals surface area contributed by atoms with Crippen LogP contribution >= 0.6 is 0 Å². The van der Waals surface area contributed by atoms with Crippen LogP contribution in [0.3, 0.4) is 0 Å². The Balaban J connectivity index is 1.56. The summed E-state index contributed by atoms with van der Waals surface area (Å²) < 4.78 is 12.6. The van der Waals surface area contributed by atoms with Crippen LogP contribution in [0.4, 0.5) is 5.82 Å². The maximum Gasteiger partial charge on any atom is 0.164 e. The fourth-order valence-electron chi connectivity index (χ4n) is 3.82. The van der Waals surface area contributed by atoms with Crippen molar-refractivity contribution in [2.45, 2.75) is 6.10 Å². The molecule has 9 nitrogen and oxygen atoms in total. The molecule has 0 spiro atoms. The Bertz CT molecular complexity index is 1180. The predicted molar refractivity (Wildman–Crippen MR) is 116 cm³/mol. The highest BCUT2D eigenvalue weighted by atomic mass is 16.5. The average Bonchev–Trinajstić information content (AvgIpc) is 3.50. The average molecular weight is 420 g/mol.